The van der Waals surface area contributed by atoms with E-state index in [1.165, 1.54) is 12.8 Å². The van der Waals surface area contributed by atoms with E-state index < -0.39 is 17.3 Å². The van der Waals surface area contributed by atoms with Crippen LogP contribution in [0.15, 0.2) is 39.9 Å². The third-order valence-electron chi connectivity index (χ3n) is 5.99. The SMILES string of the molecule is O=C(Cn1nc(O[C@H]2C[C@@H]3CC[C@H]2C3)c2cc(Br)ccc2c1=O)Nc1ncc(F)cn1. The van der Waals surface area contributed by atoms with Crippen LogP contribution >= 0.6 is 15.9 Å². The van der Waals surface area contributed by atoms with Gasteiger partial charge in [0.05, 0.1) is 23.2 Å². The Hall–Kier alpha value is -2.88. The predicted octanol–water partition coefficient (Wildman–Crippen LogP) is 3.29. The third kappa shape index (κ3) is 4.04. The van der Waals surface area contributed by atoms with Gasteiger partial charge in [-0.3, -0.25) is 14.9 Å². The number of aromatic nitrogens is 4. The topological polar surface area (TPSA) is 99.0 Å². The Morgan fingerprint density at radius 2 is 2.03 bits per heavy atom. The standard InChI is InChI=1S/C21H19BrFN5O3/c22-13-3-4-15-16(7-13)19(31-17-6-11-1-2-12(17)5-11)27-28(20(15)30)10-18(29)26-21-24-8-14(23)9-25-21/h3-4,7-9,11-12,17H,1-2,5-6,10H2,(H,24,25,26,29)/t11-,12+,17+/m1/s1. The average molecular weight is 488 g/mol. The number of hydrogen-bond donors (Lipinski definition) is 1. The van der Waals surface area contributed by atoms with Gasteiger partial charge in [-0.05, 0) is 55.7 Å². The van der Waals surface area contributed by atoms with Crippen LogP contribution in [-0.2, 0) is 11.3 Å². The summed E-state index contributed by atoms with van der Waals surface area (Å²) in [6, 6.07) is 5.26. The molecule has 3 atom stereocenters. The lowest BCUT2D eigenvalue weighted by atomic mass is 9.98. The molecular formula is C21H19BrFN5O3. The Morgan fingerprint density at radius 3 is 2.74 bits per heavy atom. The molecule has 2 aromatic heterocycles. The minimum atomic E-state index is -0.612. The Morgan fingerprint density at radius 1 is 1.23 bits per heavy atom. The van der Waals surface area contributed by atoms with Crippen molar-refractivity contribution < 1.29 is 13.9 Å². The van der Waals surface area contributed by atoms with Crippen LogP contribution in [0.4, 0.5) is 10.3 Å². The summed E-state index contributed by atoms with van der Waals surface area (Å²) in [5, 5.41) is 7.85. The first-order valence-electron chi connectivity index (χ1n) is 10.1. The maximum atomic E-state index is 13.0. The van der Waals surface area contributed by atoms with Crippen LogP contribution in [0, 0.1) is 17.7 Å². The molecule has 0 radical (unpaired) electrons. The molecule has 2 saturated carbocycles. The van der Waals surface area contributed by atoms with Gasteiger partial charge in [-0.15, -0.1) is 5.10 Å². The first-order valence-corrected chi connectivity index (χ1v) is 10.9. The summed E-state index contributed by atoms with van der Waals surface area (Å²) in [5.41, 5.74) is -0.405. The number of rotatable bonds is 5. The number of hydrogen-bond acceptors (Lipinski definition) is 6. The molecule has 2 heterocycles. The highest BCUT2D eigenvalue weighted by atomic mass is 79.9. The second kappa shape index (κ2) is 7.99. The van der Waals surface area contributed by atoms with E-state index in [0.29, 0.717) is 28.5 Å². The molecule has 1 aromatic carbocycles. The Labute approximate surface area is 185 Å². The molecule has 2 aliphatic rings. The molecule has 2 bridgehead atoms. The molecule has 0 aliphatic heterocycles. The van der Waals surface area contributed by atoms with Gasteiger partial charge in [-0.25, -0.2) is 19.0 Å². The van der Waals surface area contributed by atoms with E-state index >= 15 is 0 Å². The lowest BCUT2D eigenvalue weighted by Crippen LogP contribution is -2.32. The maximum Gasteiger partial charge on any atom is 0.275 e. The number of carbonyl (C=O) groups excluding carboxylic acids is 1. The summed E-state index contributed by atoms with van der Waals surface area (Å²) in [4.78, 5) is 32.8. The Kier molecular flexibility index (Phi) is 5.17. The number of ether oxygens (including phenoxy) is 1. The number of fused-ring (bicyclic) bond motifs is 3. The quantitative estimate of drug-likeness (QED) is 0.592. The van der Waals surface area contributed by atoms with Crippen molar-refractivity contribution in [2.75, 3.05) is 5.32 Å². The monoisotopic (exact) mass is 487 g/mol. The summed E-state index contributed by atoms with van der Waals surface area (Å²) in [5.74, 6) is 0.332. The van der Waals surface area contributed by atoms with Crippen LogP contribution < -0.4 is 15.6 Å². The van der Waals surface area contributed by atoms with Gasteiger partial charge in [0.1, 0.15) is 12.6 Å². The zero-order valence-electron chi connectivity index (χ0n) is 16.4. The molecule has 2 aliphatic carbocycles. The van der Waals surface area contributed by atoms with Crippen LogP contribution in [0.1, 0.15) is 25.7 Å². The molecule has 5 rings (SSSR count). The first-order chi connectivity index (χ1) is 15.0. The lowest BCUT2D eigenvalue weighted by Gasteiger charge is -2.23. The van der Waals surface area contributed by atoms with Gasteiger partial charge >= 0.3 is 0 Å². The van der Waals surface area contributed by atoms with Gasteiger partial charge in [0.2, 0.25) is 17.7 Å². The summed E-state index contributed by atoms with van der Waals surface area (Å²) >= 11 is 3.44. The molecule has 31 heavy (non-hydrogen) atoms. The van der Waals surface area contributed by atoms with Crippen molar-refractivity contribution in [1.29, 1.82) is 0 Å². The fraction of sp³-hybridized carbons (Fsp3) is 0.381. The van der Waals surface area contributed by atoms with E-state index in [1.54, 1.807) is 12.1 Å². The summed E-state index contributed by atoms with van der Waals surface area (Å²) in [6.45, 7) is -0.349. The zero-order chi connectivity index (χ0) is 21.5. The molecule has 3 aromatic rings. The predicted molar refractivity (Wildman–Crippen MR) is 114 cm³/mol. The van der Waals surface area contributed by atoms with Gasteiger partial charge in [0, 0.05) is 4.47 Å². The lowest BCUT2D eigenvalue weighted by molar-refractivity contribution is -0.117. The molecule has 0 saturated heterocycles. The van der Waals surface area contributed by atoms with Gasteiger partial charge in [-0.1, -0.05) is 15.9 Å². The van der Waals surface area contributed by atoms with Crippen LogP contribution in [-0.4, -0.2) is 31.8 Å². The molecule has 0 unspecified atom stereocenters. The highest BCUT2D eigenvalue weighted by Gasteiger charge is 2.41. The fourth-order valence-corrected chi connectivity index (χ4v) is 4.93. The number of nitrogens with one attached hydrogen (secondary N) is 1. The molecule has 160 valence electrons. The van der Waals surface area contributed by atoms with Crippen LogP contribution in [0.25, 0.3) is 10.8 Å². The van der Waals surface area contributed by atoms with E-state index in [-0.39, 0.29) is 18.6 Å². The van der Waals surface area contributed by atoms with E-state index in [1.807, 2.05) is 6.07 Å². The summed E-state index contributed by atoms with van der Waals surface area (Å²) in [7, 11) is 0. The highest BCUT2D eigenvalue weighted by molar-refractivity contribution is 9.10. The van der Waals surface area contributed by atoms with Crippen LogP contribution in [0.3, 0.4) is 0 Å². The smallest absolute Gasteiger partial charge is 0.275 e. The van der Waals surface area contributed by atoms with Crippen molar-refractivity contribution >= 4 is 38.6 Å². The van der Waals surface area contributed by atoms with Crippen molar-refractivity contribution in [2.45, 2.75) is 38.3 Å². The molecule has 1 amide bonds. The minimum Gasteiger partial charge on any atom is -0.473 e. The number of amides is 1. The van der Waals surface area contributed by atoms with Gasteiger partial charge < -0.3 is 4.74 Å². The van der Waals surface area contributed by atoms with E-state index in [0.717, 1.165) is 34.4 Å². The second-order valence-electron chi connectivity index (χ2n) is 8.06. The van der Waals surface area contributed by atoms with Gasteiger partial charge in [0.15, 0.2) is 5.82 Å². The minimum absolute atomic E-state index is 0.0531. The van der Waals surface area contributed by atoms with E-state index in [4.69, 9.17) is 4.74 Å². The molecule has 0 spiro atoms. The molecule has 10 heteroatoms. The number of carbonyl (C=O) groups is 1. The van der Waals surface area contributed by atoms with Crippen molar-refractivity contribution in [1.82, 2.24) is 19.7 Å². The largest absolute Gasteiger partial charge is 0.473 e. The molecule has 2 fully saturated rings. The normalized spacial score (nSPS) is 22.1. The first kappa shape index (κ1) is 20.0. The fourth-order valence-electron chi connectivity index (χ4n) is 4.57. The number of anilines is 1. The number of benzene rings is 1. The van der Waals surface area contributed by atoms with Crippen molar-refractivity contribution in [2.24, 2.45) is 11.8 Å². The average Bonchev–Trinajstić information content (AvgIpc) is 3.36. The summed E-state index contributed by atoms with van der Waals surface area (Å²) < 4.78 is 21.1. The van der Waals surface area contributed by atoms with Gasteiger partial charge in [0.25, 0.3) is 5.56 Å². The molecule has 8 nitrogen and oxygen atoms in total. The van der Waals surface area contributed by atoms with Crippen molar-refractivity contribution in [3.8, 4) is 5.88 Å². The van der Waals surface area contributed by atoms with Crippen molar-refractivity contribution in [3.05, 3.63) is 51.2 Å². The molecular weight excluding hydrogens is 469 g/mol. The van der Waals surface area contributed by atoms with Gasteiger partial charge in [-0.2, -0.15) is 0 Å². The number of nitrogens with zero attached hydrogens (tertiary/aromatic N) is 4. The van der Waals surface area contributed by atoms with Crippen molar-refractivity contribution in [3.63, 3.8) is 0 Å². The zero-order valence-corrected chi connectivity index (χ0v) is 18.0. The number of halogens is 2. The Bertz CT molecular complexity index is 1220. The van der Waals surface area contributed by atoms with E-state index in [9.17, 15) is 14.0 Å². The second-order valence-corrected chi connectivity index (χ2v) is 8.98. The Balaban J connectivity index is 1.45. The maximum absolute atomic E-state index is 13.0. The highest BCUT2D eigenvalue weighted by Crippen LogP contribution is 2.46. The third-order valence-corrected chi connectivity index (χ3v) is 6.48. The van der Waals surface area contributed by atoms with Crippen LogP contribution in [0.2, 0.25) is 0 Å². The molecule has 1 N–H and O–H groups in total. The van der Waals surface area contributed by atoms with Crippen LogP contribution in [0.5, 0.6) is 5.88 Å². The van der Waals surface area contributed by atoms with E-state index in [2.05, 4.69) is 36.3 Å². The summed E-state index contributed by atoms with van der Waals surface area (Å²) in [6.07, 6.45) is 6.52.